The number of nitrogens with zero attached hydrogens (tertiary/aromatic N) is 2. The minimum Gasteiger partial charge on any atom is -1.00 e. The highest BCUT2D eigenvalue weighted by molar-refractivity contribution is 8.16. The number of aliphatic imine (C=N–C) groups is 1. The van der Waals surface area contributed by atoms with Crippen LogP contribution in [0.5, 0.6) is 0 Å². The predicted molar refractivity (Wildman–Crippen MR) is 53.3 cm³/mol. The van der Waals surface area contributed by atoms with Gasteiger partial charge < -0.3 is 26.3 Å². The summed E-state index contributed by atoms with van der Waals surface area (Å²) >= 11 is 1.67. The van der Waals surface area contributed by atoms with Gasteiger partial charge in [0.05, 0.1) is 18.5 Å². The van der Waals surface area contributed by atoms with Gasteiger partial charge in [0.2, 0.25) is 0 Å². The molecular weight excluding hydrogens is 264 g/mol. The number of rotatable bonds is 1. The van der Waals surface area contributed by atoms with Crippen LogP contribution in [0.2, 0.25) is 0 Å². The average molecular weight is 272 g/mol. The smallest absolute Gasteiger partial charge is 0.168 e. The Morgan fingerprint density at radius 3 is 3.21 bits per heavy atom. The summed E-state index contributed by atoms with van der Waals surface area (Å²) in [5, 5.41) is 3.20. The second kappa shape index (κ2) is 3.82. The average Bonchev–Trinajstić information content (AvgIpc) is 2.79. The van der Waals surface area contributed by atoms with Crippen LogP contribution in [0.3, 0.4) is 0 Å². The lowest BCUT2D eigenvalue weighted by Crippen LogP contribution is -3.00. The molecule has 0 unspecified atom stereocenters. The van der Waals surface area contributed by atoms with E-state index in [0.29, 0.717) is 0 Å². The summed E-state index contributed by atoms with van der Waals surface area (Å²) in [7, 11) is 0. The molecule has 14 heavy (non-hydrogen) atoms. The van der Waals surface area contributed by atoms with Gasteiger partial charge in [-0.3, -0.25) is 4.99 Å². The number of halogens is 1. The second-order valence-electron chi connectivity index (χ2n) is 2.91. The summed E-state index contributed by atoms with van der Waals surface area (Å²) in [4.78, 5) is 6.57. The van der Waals surface area contributed by atoms with Gasteiger partial charge in [-0.1, -0.05) is 11.8 Å². The standard InChI is InChI=1S/C9H8N2OS.BrH/c1-2-8(12-5-1)7-6-13-9-10-3-4-11(7)9;/h1-2,5-6H,3-4H2;1H/p-1. The zero-order chi connectivity index (χ0) is 8.67. The van der Waals surface area contributed by atoms with E-state index < -0.39 is 0 Å². The number of furan rings is 1. The van der Waals surface area contributed by atoms with Gasteiger partial charge in [-0.05, 0) is 12.1 Å². The van der Waals surface area contributed by atoms with Crippen molar-refractivity contribution in [3.8, 4) is 0 Å². The van der Waals surface area contributed by atoms with Crippen molar-refractivity contribution in [1.29, 1.82) is 0 Å². The summed E-state index contributed by atoms with van der Waals surface area (Å²) in [5.41, 5.74) is 1.14. The molecule has 74 valence electrons. The van der Waals surface area contributed by atoms with E-state index in [1.165, 1.54) is 0 Å². The molecule has 0 aliphatic carbocycles. The van der Waals surface area contributed by atoms with E-state index in [9.17, 15) is 0 Å². The fraction of sp³-hybridized carbons (Fsp3) is 0.222. The summed E-state index contributed by atoms with van der Waals surface area (Å²) < 4.78 is 5.35. The van der Waals surface area contributed by atoms with Gasteiger partial charge in [-0.25, -0.2) is 0 Å². The van der Waals surface area contributed by atoms with Crippen molar-refractivity contribution in [3.63, 3.8) is 0 Å². The number of hydrogen-bond acceptors (Lipinski definition) is 4. The molecule has 0 amide bonds. The van der Waals surface area contributed by atoms with Crippen LogP contribution in [-0.4, -0.2) is 23.2 Å². The lowest BCUT2D eigenvalue weighted by molar-refractivity contribution is -0.00000293. The highest BCUT2D eigenvalue weighted by atomic mass is 79.9. The van der Waals surface area contributed by atoms with Crippen LogP contribution in [0.4, 0.5) is 0 Å². The summed E-state index contributed by atoms with van der Waals surface area (Å²) in [5.74, 6) is 0.930. The Bertz CT molecular complexity index is 386. The Balaban J connectivity index is 0.000000750. The second-order valence-corrected chi connectivity index (χ2v) is 3.75. The molecule has 0 fully saturated rings. The van der Waals surface area contributed by atoms with Gasteiger partial charge in [0.15, 0.2) is 10.9 Å². The first-order chi connectivity index (χ1) is 6.45. The number of amidine groups is 1. The summed E-state index contributed by atoms with van der Waals surface area (Å²) in [6.07, 6.45) is 1.70. The molecule has 0 spiro atoms. The van der Waals surface area contributed by atoms with E-state index in [-0.39, 0.29) is 17.0 Å². The maximum Gasteiger partial charge on any atom is 0.168 e. The normalized spacial score (nSPS) is 18.7. The molecule has 1 aromatic heterocycles. The molecule has 0 saturated heterocycles. The van der Waals surface area contributed by atoms with Crippen LogP contribution < -0.4 is 17.0 Å². The fourth-order valence-corrected chi connectivity index (χ4v) is 2.48. The van der Waals surface area contributed by atoms with Crippen molar-refractivity contribution < 1.29 is 21.4 Å². The van der Waals surface area contributed by atoms with Gasteiger partial charge in [-0.2, -0.15) is 0 Å². The number of fused-ring (bicyclic) bond motifs is 1. The van der Waals surface area contributed by atoms with Crippen LogP contribution in [0.1, 0.15) is 5.76 Å². The fourth-order valence-electron chi connectivity index (χ4n) is 1.54. The SMILES string of the molecule is C1=C(c2ccco2)N2CCN=C2S1.[Br-]. The lowest BCUT2D eigenvalue weighted by Gasteiger charge is -2.13. The zero-order valence-electron chi connectivity index (χ0n) is 7.31. The Morgan fingerprint density at radius 1 is 1.50 bits per heavy atom. The van der Waals surface area contributed by atoms with Crippen LogP contribution >= 0.6 is 11.8 Å². The van der Waals surface area contributed by atoms with E-state index in [0.717, 1.165) is 29.7 Å². The largest absolute Gasteiger partial charge is 1.00 e. The van der Waals surface area contributed by atoms with Gasteiger partial charge in [0, 0.05) is 12.0 Å². The highest BCUT2D eigenvalue weighted by Gasteiger charge is 2.28. The third-order valence-corrected chi connectivity index (χ3v) is 3.04. The van der Waals surface area contributed by atoms with Gasteiger partial charge in [0.1, 0.15) is 0 Å². The molecule has 1 aromatic rings. The van der Waals surface area contributed by atoms with Crippen LogP contribution in [0.15, 0.2) is 33.2 Å². The van der Waals surface area contributed by atoms with Crippen molar-refractivity contribution in [1.82, 2.24) is 4.90 Å². The molecule has 2 aliphatic rings. The van der Waals surface area contributed by atoms with E-state index in [4.69, 9.17) is 4.42 Å². The summed E-state index contributed by atoms with van der Waals surface area (Å²) in [6, 6.07) is 3.89. The van der Waals surface area contributed by atoms with E-state index in [1.807, 2.05) is 12.1 Å². The molecule has 0 N–H and O–H groups in total. The number of thioether (sulfide) groups is 1. The van der Waals surface area contributed by atoms with E-state index in [1.54, 1.807) is 18.0 Å². The predicted octanol–water partition coefficient (Wildman–Crippen LogP) is -1.000. The Hall–Kier alpha value is -0.680. The molecule has 3 nitrogen and oxygen atoms in total. The first kappa shape index (κ1) is 9.86. The third kappa shape index (κ3) is 1.40. The minimum atomic E-state index is 0. The molecule has 0 bridgehead atoms. The van der Waals surface area contributed by atoms with Crippen molar-refractivity contribution in [3.05, 3.63) is 29.6 Å². The molecule has 0 saturated carbocycles. The molecule has 3 heterocycles. The molecule has 2 aliphatic heterocycles. The van der Waals surface area contributed by atoms with Crippen LogP contribution in [-0.2, 0) is 0 Å². The maximum atomic E-state index is 5.35. The van der Waals surface area contributed by atoms with Gasteiger partial charge >= 0.3 is 0 Å². The highest BCUT2D eigenvalue weighted by Crippen LogP contribution is 2.35. The van der Waals surface area contributed by atoms with Crippen molar-refractivity contribution >= 4 is 22.6 Å². The maximum absolute atomic E-state index is 5.35. The van der Waals surface area contributed by atoms with Crippen LogP contribution in [0, 0.1) is 0 Å². The van der Waals surface area contributed by atoms with Gasteiger partial charge in [0.25, 0.3) is 0 Å². The summed E-state index contributed by atoms with van der Waals surface area (Å²) in [6.45, 7) is 1.88. The topological polar surface area (TPSA) is 28.7 Å². The van der Waals surface area contributed by atoms with E-state index >= 15 is 0 Å². The quantitative estimate of drug-likeness (QED) is 0.656. The molecule has 0 aromatic carbocycles. The first-order valence-electron chi connectivity index (χ1n) is 4.18. The van der Waals surface area contributed by atoms with Crippen LogP contribution in [0.25, 0.3) is 5.70 Å². The molecule has 0 atom stereocenters. The zero-order valence-corrected chi connectivity index (χ0v) is 9.71. The Kier molecular flexibility index (Phi) is 2.69. The Labute approximate surface area is 96.6 Å². The van der Waals surface area contributed by atoms with E-state index in [2.05, 4.69) is 15.3 Å². The monoisotopic (exact) mass is 271 g/mol. The lowest BCUT2D eigenvalue weighted by atomic mass is 10.3. The number of hydrogen-bond donors (Lipinski definition) is 0. The Morgan fingerprint density at radius 2 is 2.43 bits per heavy atom. The van der Waals surface area contributed by atoms with Gasteiger partial charge in [-0.15, -0.1) is 0 Å². The molecule has 3 rings (SSSR count). The van der Waals surface area contributed by atoms with Crippen molar-refractivity contribution in [2.24, 2.45) is 4.99 Å². The minimum absolute atomic E-state index is 0. The molecular formula is C9H8BrN2OS-. The van der Waals surface area contributed by atoms with Crippen molar-refractivity contribution in [2.45, 2.75) is 0 Å². The van der Waals surface area contributed by atoms with Crippen molar-refractivity contribution in [2.75, 3.05) is 13.1 Å². The third-order valence-electron chi connectivity index (χ3n) is 2.14. The molecule has 0 radical (unpaired) electrons. The molecule has 5 heteroatoms. The first-order valence-corrected chi connectivity index (χ1v) is 5.06.